The molecule has 1 aliphatic heterocycles. The van der Waals surface area contributed by atoms with Crippen LogP contribution in [-0.4, -0.2) is 19.1 Å². The number of fused-ring (bicyclic) bond motifs is 1. The number of aryl methyl sites for hydroxylation is 2. The lowest BCUT2D eigenvalue weighted by Gasteiger charge is -2.19. The van der Waals surface area contributed by atoms with Crippen molar-refractivity contribution in [3.63, 3.8) is 0 Å². The van der Waals surface area contributed by atoms with Crippen molar-refractivity contribution >= 4 is 11.6 Å². The fourth-order valence-corrected chi connectivity index (χ4v) is 2.43. The molecule has 0 spiro atoms. The molecule has 2 aromatic carbocycles. The first kappa shape index (κ1) is 13.5. The molecule has 4 nitrogen and oxygen atoms in total. The summed E-state index contributed by atoms with van der Waals surface area (Å²) in [4.78, 5) is 12.3. The molecular formula is C17H17NO3. The van der Waals surface area contributed by atoms with Crippen LogP contribution in [0.15, 0.2) is 36.4 Å². The number of ether oxygens (including phenoxy) is 2. The van der Waals surface area contributed by atoms with Crippen LogP contribution in [0, 0.1) is 13.8 Å². The van der Waals surface area contributed by atoms with Gasteiger partial charge in [0.15, 0.2) is 11.5 Å². The maximum atomic E-state index is 12.3. The van der Waals surface area contributed by atoms with Gasteiger partial charge in [-0.25, -0.2) is 0 Å². The Morgan fingerprint density at radius 3 is 2.33 bits per heavy atom. The van der Waals surface area contributed by atoms with Gasteiger partial charge in [0, 0.05) is 17.3 Å². The lowest BCUT2D eigenvalue weighted by molar-refractivity contribution is 0.102. The number of anilines is 1. The van der Waals surface area contributed by atoms with Gasteiger partial charge in [0.25, 0.3) is 5.91 Å². The standard InChI is InChI=1S/C17H17NO3/c1-11-7-12(2)9-13(8-11)17(19)18-14-3-4-15-16(10-14)21-6-5-20-15/h3-4,7-10H,5-6H2,1-2H3,(H,18,19). The summed E-state index contributed by atoms with van der Waals surface area (Å²) in [5.74, 6) is 1.25. The van der Waals surface area contributed by atoms with E-state index in [1.54, 1.807) is 6.07 Å². The third-order valence-electron chi connectivity index (χ3n) is 3.28. The zero-order chi connectivity index (χ0) is 14.8. The van der Waals surface area contributed by atoms with E-state index in [0.29, 0.717) is 36.0 Å². The predicted molar refractivity (Wildman–Crippen MR) is 81.3 cm³/mol. The molecule has 1 heterocycles. The van der Waals surface area contributed by atoms with Crippen molar-refractivity contribution in [2.75, 3.05) is 18.5 Å². The van der Waals surface area contributed by atoms with Crippen LogP contribution in [0.5, 0.6) is 11.5 Å². The first-order chi connectivity index (χ1) is 10.1. The van der Waals surface area contributed by atoms with Crippen LogP contribution in [-0.2, 0) is 0 Å². The van der Waals surface area contributed by atoms with Gasteiger partial charge in [0.2, 0.25) is 0 Å². The summed E-state index contributed by atoms with van der Waals surface area (Å²) in [7, 11) is 0. The van der Waals surface area contributed by atoms with E-state index in [1.807, 2.05) is 44.2 Å². The van der Waals surface area contributed by atoms with Crippen LogP contribution >= 0.6 is 0 Å². The van der Waals surface area contributed by atoms with Crippen molar-refractivity contribution in [3.8, 4) is 11.5 Å². The van der Waals surface area contributed by atoms with Crippen molar-refractivity contribution in [2.24, 2.45) is 0 Å². The van der Waals surface area contributed by atoms with E-state index in [-0.39, 0.29) is 5.91 Å². The summed E-state index contributed by atoms with van der Waals surface area (Å²) in [6.07, 6.45) is 0. The molecule has 0 radical (unpaired) electrons. The predicted octanol–water partition coefficient (Wildman–Crippen LogP) is 3.33. The molecule has 0 saturated heterocycles. The first-order valence-electron chi connectivity index (χ1n) is 6.91. The second-order valence-electron chi connectivity index (χ2n) is 5.19. The second-order valence-corrected chi connectivity index (χ2v) is 5.19. The molecule has 3 rings (SSSR count). The Balaban J connectivity index is 1.81. The van der Waals surface area contributed by atoms with Crippen molar-refractivity contribution in [1.29, 1.82) is 0 Å². The Morgan fingerprint density at radius 1 is 0.952 bits per heavy atom. The SMILES string of the molecule is Cc1cc(C)cc(C(=O)Nc2ccc3c(c2)OCCO3)c1. The number of rotatable bonds is 2. The molecule has 21 heavy (non-hydrogen) atoms. The number of amides is 1. The summed E-state index contributed by atoms with van der Waals surface area (Å²) in [6, 6.07) is 11.2. The van der Waals surface area contributed by atoms with E-state index < -0.39 is 0 Å². The molecule has 1 amide bonds. The molecule has 0 fully saturated rings. The summed E-state index contributed by atoms with van der Waals surface area (Å²) in [6.45, 7) is 5.05. The minimum Gasteiger partial charge on any atom is -0.486 e. The summed E-state index contributed by atoms with van der Waals surface area (Å²) >= 11 is 0. The Bertz CT molecular complexity index is 674. The highest BCUT2D eigenvalue weighted by Crippen LogP contribution is 2.32. The highest BCUT2D eigenvalue weighted by molar-refractivity contribution is 6.04. The monoisotopic (exact) mass is 283 g/mol. The second kappa shape index (κ2) is 5.48. The zero-order valence-corrected chi connectivity index (χ0v) is 12.1. The topological polar surface area (TPSA) is 47.6 Å². The lowest BCUT2D eigenvalue weighted by Crippen LogP contribution is -2.16. The van der Waals surface area contributed by atoms with Crippen molar-refractivity contribution in [3.05, 3.63) is 53.1 Å². The smallest absolute Gasteiger partial charge is 0.255 e. The van der Waals surface area contributed by atoms with E-state index in [1.165, 1.54) is 0 Å². The van der Waals surface area contributed by atoms with Crippen molar-refractivity contribution < 1.29 is 14.3 Å². The maximum Gasteiger partial charge on any atom is 0.255 e. The maximum absolute atomic E-state index is 12.3. The average Bonchev–Trinajstić information content (AvgIpc) is 2.46. The number of hydrogen-bond acceptors (Lipinski definition) is 3. The molecule has 4 heteroatoms. The van der Waals surface area contributed by atoms with Gasteiger partial charge in [-0.05, 0) is 38.1 Å². The minimum absolute atomic E-state index is 0.126. The van der Waals surface area contributed by atoms with Crippen LogP contribution in [0.3, 0.4) is 0 Å². The van der Waals surface area contributed by atoms with Gasteiger partial charge >= 0.3 is 0 Å². The van der Waals surface area contributed by atoms with E-state index in [4.69, 9.17) is 9.47 Å². The third kappa shape index (κ3) is 2.99. The number of nitrogens with one attached hydrogen (secondary N) is 1. The largest absolute Gasteiger partial charge is 0.486 e. The Morgan fingerprint density at radius 2 is 1.62 bits per heavy atom. The minimum atomic E-state index is -0.126. The van der Waals surface area contributed by atoms with Crippen molar-refractivity contribution in [2.45, 2.75) is 13.8 Å². The van der Waals surface area contributed by atoms with Gasteiger partial charge in [-0.15, -0.1) is 0 Å². The molecule has 0 atom stereocenters. The quantitative estimate of drug-likeness (QED) is 0.919. The number of hydrogen-bond donors (Lipinski definition) is 1. The summed E-state index contributed by atoms with van der Waals surface area (Å²) in [5.41, 5.74) is 3.50. The highest BCUT2D eigenvalue weighted by Gasteiger charge is 2.13. The lowest BCUT2D eigenvalue weighted by atomic mass is 10.1. The van der Waals surface area contributed by atoms with E-state index in [0.717, 1.165) is 11.1 Å². The Kier molecular flexibility index (Phi) is 3.52. The fraction of sp³-hybridized carbons (Fsp3) is 0.235. The number of benzene rings is 2. The number of carbonyl (C=O) groups is 1. The number of carbonyl (C=O) groups excluding carboxylic acids is 1. The van der Waals surface area contributed by atoms with Gasteiger partial charge in [-0.2, -0.15) is 0 Å². The van der Waals surface area contributed by atoms with Gasteiger partial charge < -0.3 is 14.8 Å². The molecular weight excluding hydrogens is 266 g/mol. The zero-order valence-electron chi connectivity index (χ0n) is 12.1. The van der Waals surface area contributed by atoms with Gasteiger partial charge in [-0.1, -0.05) is 17.2 Å². The summed E-state index contributed by atoms with van der Waals surface area (Å²) < 4.78 is 11.0. The van der Waals surface area contributed by atoms with Gasteiger partial charge in [-0.3, -0.25) is 4.79 Å². The van der Waals surface area contributed by atoms with Gasteiger partial charge in [0.05, 0.1) is 0 Å². The van der Waals surface area contributed by atoms with Crippen LogP contribution in [0.1, 0.15) is 21.5 Å². The normalized spacial score (nSPS) is 12.9. The molecule has 0 unspecified atom stereocenters. The summed E-state index contributed by atoms with van der Waals surface area (Å²) in [5, 5.41) is 2.89. The van der Waals surface area contributed by atoms with E-state index in [2.05, 4.69) is 5.32 Å². The van der Waals surface area contributed by atoms with Gasteiger partial charge in [0.1, 0.15) is 13.2 Å². The van der Waals surface area contributed by atoms with Crippen LogP contribution in [0.25, 0.3) is 0 Å². The molecule has 0 aromatic heterocycles. The third-order valence-corrected chi connectivity index (χ3v) is 3.28. The van der Waals surface area contributed by atoms with E-state index in [9.17, 15) is 4.79 Å². The van der Waals surface area contributed by atoms with E-state index >= 15 is 0 Å². The molecule has 0 aliphatic carbocycles. The highest BCUT2D eigenvalue weighted by atomic mass is 16.6. The fourth-order valence-electron chi connectivity index (χ4n) is 2.43. The molecule has 0 bridgehead atoms. The Hall–Kier alpha value is -2.49. The molecule has 108 valence electrons. The van der Waals surface area contributed by atoms with Crippen LogP contribution < -0.4 is 14.8 Å². The molecule has 1 aliphatic rings. The Labute approximate surface area is 123 Å². The first-order valence-corrected chi connectivity index (χ1v) is 6.91. The molecule has 1 N–H and O–H groups in total. The van der Waals surface area contributed by atoms with Crippen molar-refractivity contribution in [1.82, 2.24) is 0 Å². The average molecular weight is 283 g/mol. The molecule has 0 saturated carbocycles. The van der Waals surface area contributed by atoms with Crippen LogP contribution in [0.2, 0.25) is 0 Å². The molecule has 2 aromatic rings. The van der Waals surface area contributed by atoms with Crippen LogP contribution in [0.4, 0.5) is 5.69 Å².